The first-order chi connectivity index (χ1) is 26.0. The quantitative estimate of drug-likeness (QED) is 0.0198. The second-order valence-corrected chi connectivity index (χ2v) is 17.8. The van der Waals surface area contributed by atoms with E-state index in [2.05, 4.69) is 26.0 Å². The second-order valence-electron chi connectivity index (χ2n) is 16.4. The molecule has 0 N–H and O–H groups in total. The topological polar surface area (TPSA) is 111 Å². The zero-order chi connectivity index (χ0) is 40.0. The van der Waals surface area contributed by atoms with E-state index in [0.717, 1.165) is 38.5 Å². The van der Waals surface area contributed by atoms with Crippen molar-refractivity contribution in [2.75, 3.05) is 47.5 Å². The van der Waals surface area contributed by atoms with Gasteiger partial charge in [0.05, 0.1) is 27.7 Å². The molecule has 10 heteroatoms. The first-order valence-electron chi connectivity index (χ1n) is 22.4. The van der Waals surface area contributed by atoms with Gasteiger partial charge in [-0.1, -0.05) is 167 Å². The van der Waals surface area contributed by atoms with Crippen molar-refractivity contribution in [1.29, 1.82) is 0 Å². The third kappa shape index (κ3) is 40.4. The van der Waals surface area contributed by atoms with Crippen molar-refractivity contribution in [2.24, 2.45) is 0 Å². The van der Waals surface area contributed by atoms with E-state index in [1.165, 1.54) is 135 Å². The van der Waals surface area contributed by atoms with E-state index in [0.29, 0.717) is 17.4 Å². The molecule has 0 saturated heterocycles. The zero-order valence-electron chi connectivity index (χ0n) is 35.9. The Kier molecular flexibility index (Phi) is 36.5. The number of carbonyl (C=O) groups excluding carboxylic acids is 2. The first kappa shape index (κ1) is 52.8. The van der Waals surface area contributed by atoms with E-state index in [1.54, 1.807) is 0 Å². The fourth-order valence-corrected chi connectivity index (χ4v) is 6.97. The highest BCUT2D eigenvalue weighted by Gasteiger charge is 2.21. The highest BCUT2D eigenvalue weighted by atomic mass is 31.2. The lowest BCUT2D eigenvalue weighted by Gasteiger charge is -2.28. The van der Waals surface area contributed by atoms with Gasteiger partial charge in [0.1, 0.15) is 19.8 Å². The molecule has 0 fully saturated rings. The zero-order valence-corrected chi connectivity index (χ0v) is 36.8. The Hall–Kier alpha value is -1.25. The molecular formula is C44H86NO8P. The van der Waals surface area contributed by atoms with Gasteiger partial charge in [-0.05, 0) is 38.5 Å². The monoisotopic (exact) mass is 788 g/mol. The third-order valence-electron chi connectivity index (χ3n) is 9.79. The number of quaternary nitrogens is 1. The van der Waals surface area contributed by atoms with Crippen molar-refractivity contribution in [3.63, 3.8) is 0 Å². The molecule has 0 aliphatic heterocycles. The van der Waals surface area contributed by atoms with Gasteiger partial charge in [0.2, 0.25) is 0 Å². The van der Waals surface area contributed by atoms with Gasteiger partial charge in [0.15, 0.2) is 6.10 Å². The second kappa shape index (κ2) is 37.3. The average Bonchev–Trinajstić information content (AvgIpc) is 3.12. The summed E-state index contributed by atoms with van der Waals surface area (Å²) in [5.41, 5.74) is 0. The number of phosphoric acid groups is 1. The van der Waals surface area contributed by atoms with Gasteiger partial charge in [0.25, 0.3) is 7.82 Å². The van der Waals surface area contributed by atoms with Crippen LogP contribution in [0.25, 0.3) is 0 Å². The first-order valence-corrected chi connectivity index (χ1v) is 23.9. The molecule has 0 bridgehead atoms. The van der Waals surface area contributed by atoms with E-state index >= 15 is 0 Å². The number of carbonyl (C=O) groups is 2. The number of hydrogen-bond donors (Lipinski definition) is 0. The molecule has 2 atom stereocenters. The molecule has 1 unspecified atom stereocenters. The van der Waals surface area contributed by atoms with Crippen LogP contribution >= 0.6 is 7.82 Å². The molecule has 0 aliphatic rings. The molecule has 0 amide bonds. The Bertz CT molecular complexity index is 938. The van der Waals surface area contributed by atoms with E-state index in [-0.39, 0.29) is 32.0 Å². The Labute approximate surface area is 333 Å². The van der Waals surface area contributed by atoms with Crippen molar-refractivity contribution < 1.29 is 42.1 Å². The number of unbranched alkanes of at least 4 members (excludes halogenated alkanes) is 25. The Morgan fingerprint density at radius 1 is 0.556 bits per heavy atom. The Morgan fingerprint density at radius 2 is 0.944 bits per heavy atom. The summed E-state index contributed by atoms with van der Waals surface area (Å²) < 4.78 is 33.9. The van der Waals surface area contributed by atoms with Crippen LogP contribution in [0.1, 0.15) is 206 Å². The maximum absolute atomic E-state index is 12.7. The number of nitrogens with zero attached hydrogens (tertiary/aromatic N) is 1. The van der Waals surface area contributed by atoms with Crippen molar-refractivity contribution in [2.45, 2.75) is 213 Å². The number of likely N-dealkylation sites (N-methyl/N-ethyl adjacent to an activating group) is 1. The van der Waals surface area contributed by atoms with E-state index < -0.39 is 26.5 Å². The van der Waals surface area contributed by atoms with Crippen LogP contribution in [0.3, 0.4) is 0 Å². The normalized spacial score (nSPS) is 13.7. The molecule has 0 aromatic carbocycles. The predicted octanol–water partition coefficient (Wildman–Crippen LogP) is 11.9. The van der Waals surface area contributed by atoms with E-state index in [1.807, 2.05) is 21.1 Å². The SMILES string of the molecule is CCCCCCCC/C=C\CCCCCCCCCCCC(=O)O[C@H](COC(=O)CCCCCCCCCCCCC)COP(=O)([O-])OCC[N+](C)(C)C. The van der Waals surface area contributed by atoms with Gasteiger partial charge in [-0.15, -0.1) is 0 Å². The molecule has 320 valence electrons. The summed E-state index contributed by atoms with van der Waals surface area (Å²) in [4.78, 5) is 37.5. The van der Waals surface area contributed by atoms with E-state index in [9.17, 15) is 19.0 Å². The summed E-state index contributed by atoms with van der Waals surface area (Å²) in [6.07, 6.45) is 38.0. The average molecular weight is 788 g/mol. The number of hydrogen-bond acceptors (Lipinski definition) is 8. The highest BCUT2D eigenvalue weighted by molar-refractivity contribution is 7.45. The van der Waals surface area contributed by atoms with Crippen molar-refractivity contribution in [1.82, 2.24) is 0 Å². The van der Waals surface area contributed by atoms with Gasteiger partial charge in [-0.3, -0.25) is 14.2 Å². The summed E-state index contributed by atoms with van der Waals surface area (Å²) in [6.45, 7) is 4.23. The summed E-state index contributed by atoms with van der Waals surface area (Å²) >= 11 is 0. The van der Waals surface area contributed by atoms with Crippen LogP contribution in [-0.2, 0) is 32.7 Å². The molecule has 54 heavy (non-hydrogen) atoms. The summed E-state index contributed by atoms with van der Waals surface area (Å²) in [5.74, 6) is -0.829. The number of ether oxygens (including phenoxy) is 2. The number of allylic oxidation sites excluding steroid dienone is 2. The highest BCUT2D eigenvalue weighted by Crippen LogP contribution is 2.38. The number of esters is 2. The van der Waals surface area contributed by atoms with Gasteiger partial charge in [-0.2, -0.15) is 0 Å². The van der Waals surface area contributed by atoms with Gasteiger partial charge >= 0.3 is 11.9 Å². The molecule has 0 aliphatic carbocycles. The van der Waals surface area contributed by atoms with Crippen molar-refractivity contribution in [3.05, 3.63) is 12.2 Å². The van der Waals surface area contributed by atoms with Crippen LogP contribution in [0.5, 0.6) is 0 Å². The minimum absolute atomic E-state index is 0.0281. The lowest BCUT2D eigenvalue weighted by Crippen LogP contribution is -2.37. The Balaban J connectivity index is 4.29. The minimum atomic E-state index is -4.62. The summed E-state index contributed by atoms with van der Waals surface area (Å²) in [7, 11) is 1.17. The molecule has 0 saturated carbocycles. The number of phosphoric ester groups is 1. The van der Waals surface area contributed by atoms with Crippen LogP contribution in [0.2, 0.25) is 0 Å². The van der Waals surface area contributed by atoms with Crippen LogP contribution in [-0.4, -0.2) is 70.0 Å². The van der Waals surface area contributed by atoms with Crippen LogP contribution in [0, 0.1) is 0 Å². The van der Waals surface area contributed by atoms with Crippen LogP contribution in [0.15, 0.2) is 12.2 Å². The standard InChI is InChI=1S/C44H86NO8P/c1-6-8-10-12-14-16-18-19-20-21-22-23-24-25-27-29-31-33-35-37-44(47)53-42(41-52-54(48,49)51-39-38-45(3,4)5)40-50-43(46)36-34-32-30-28-26-17-15-13-11-9-7-2/h19-20,42H,6-18,21-41H2,1-5H3/b20-19-/t42-/m1/s1. The fraction of sp³-hybridized carbons (Fsp3) is 0.909. The molecule has 9 nitrogen and oxygen atoms in total. The molecule has 0 radical (unpaired) electrons. The molecule has 0 rings (SSSR count). The van der Waals surface area contributed by atoms with Gasteiger partial charge in [-0.25, -0.2) is 0 Å². The van der Waals surface area contributed by atoms with Crippen molar-refractivity contribution >= 4 is 19.8 Å². The fourth-order valence-electron chi connectivity index (χ4n) is 6.24. The summed E-state index contributed by atoms with van der Waals surface area (Å²) in [5, 5.41) is 0. The smallest absolute Gasteiger partial charge is 0.306 e. The van der Waals surface area contributed by atoms with E-state index in [4.69, 9.17) is 18.5 Å². The molecule has 0 aromatic heterocycles. The number of rotatable bonds is 41. The largest absolute Gasteiger partial charge is 0.756 e. The molecule has 0 aromatic rings. The Morgan fingerprint density at radius 3 is 1.37 bits per heavy atom. The van der Waals surface area contributed by atoms with Crippen LogP contribution in [0.4, 0.5) is 0 Å². The van der Waals surface area contributed by atoms with Crippen molar-refractivity contribution in [3.8, 4) is 0 Å². The maximum atomic E-state index is 12.7. The molecular weight excluding hydrogens is 701 g/mol. The molecule has 0 heterocycles. The third-order valence-corrected chi connectivity index (χ3v) is 10.7. The summed E-state index contributed by atoms with van der Waals surface area (Å²) in [6, 6.07) is 0. The van der Waals surface area contributed by atoms with Crippen LogP contribution < -0.4 is 4.89 Å². The molecule has 0 spiro atoms. The lowest BCUT2D eigenvalue weighted by atomic mass is 10.1. The predicted molar refractivity (Wildman–Crippen MR) is 222 cm³/mol. The van der Waals surface area contributed by atoms with Gasteiger partial charge in [0, 0.05) is 12.8 Å². The lowest BCUT2D eigenvalue weighted by molar-refractivity contribution is -0.870. The minimum Gasteiger partial charge on any atom is -0.756 e. The van der Waals surface area contributed by atoms with Gasteiger partial charge < -0.3 is 27.9 Å². The maximum Gasteiger partial charge on any atom is 0.306 e.